The smallest absolute Gasteiger partial charge is 0.269 e. The van der Waals surface area contributed by atoms with Crippen LogP contribution in [0.4, 0.5) is 10.2 Å². The van der Waals surface area contributed by atoms with E-state index >= 15 is 0 Å². The Morgan fingerprint density at radius 2 is 1.81 bits per heavy atom. The molecule has 0 spiro atoms. The van der Waals surface area contributed by atoms with Crippen LogP contribution in [-0.4, -0.2) is 25.2 Å². The van der Waals surface area contributed by atoms with Crippen molar-refractivity contribution in [1.29, 1.82) is 0 Å². The van der Waals surface area contributed by atoms with Crippen LogP contribution >= 0.6 is 0 Å². The fraction of sp³-hybridized carbons (Fsp3) is 0.217. The summed E-state index contributed by atoms with van der Waals surface area (Å²) in [5.74, 6) is -0.309. The van der Waals surface area contributed by atoms with Crippen LogP contribution in [0.15, 0.2) is 65.6 Å². The number of aromatic nitrogens is 4. The summed E-state index contributed by atoms with van der Waals surface area (Å²) in [7, 11) is 0. The van der Waals surface area contributed by atoms with Crippen molar-refractivity contribution in [3.63, 3.8) is 0 Å². The minimum Gasteiger partial charge on any atom is -0.309 e. The van der Waals surface area contributed by atoms with Gasteiger partial charge >= 0.3 is 0 Å². The number of amides is 1. The van der Waals surface area contributed by atoms with E-state index in [2.05, 4.69) is 15.4 Å². The maximum absolute atomic E-state index is 13.4. The lowest BCUT2D eigenvalue weighted by atomic mass is 9.92. The van der Waals surface area contributed by atoms with E-state index in [-0.39, 0.29) is 29.2 Å². The SMILES string of the molecule is CC(C)(C)c1cc(NC(=O)Cn2c(=O)cnc3ccccc32)n(-c2ccc(F)cc2)n1. The highest BCUT2D eigenvalue weighted by molar-refractivity contribution is 5.91. The van der Waals surface area contributed by atoms with E-state index in [4.69, 9.17) is 0 Å². The van der Waals surface area contributed by atoms with Crippen LogP contribution in [0.5, 0.6) is 0 Å². The van der Waals surface area contributed by atoms with Gasteiger partial charge in [-0.15, -0.1) is 0 Å². The first kappa shape index (κ1) is 20.5. The summed E-state index contributed by atoms with van der Waals surface area (Å²) in [5.41, 5.74) is 1.95. The van der Waals surface area contributed by atoms with Crippen LogP contribution in [0.3, 0.4) is 0 Å². The third-order valence-corrected chi connectivity index (χ3v) is 4.87. The first-order chi connectivity index (χ1) is 14.7. The molecule has 31 heavy (non-hydrogen) atoms. The van der Waals surface area contributed by atoms with Crippen molar-refractivity contribution in [2.75, 3.05) is 5.32 Å². The minimum atomic E-state index is -0.387. The Balaban J connectivity index is 1.68. The Labute approximate surface area is 178 Å². The third-order valence-electron chi connectivity index (χ3n) is 4.87. The molecule has 0 radical (unpaired) electrons. The van der Waals surface area contributed by atoms with Crippen LogP contribution in [0, 0.1) is 5.82 Å². The van der Waals surface area contributed by atoms with E-state index in [0.29, 0.717) is 22.5 Å². The number of fused-ring (bicyclic) bond motifs is 1. The van der Waals surface area contributed by atoms with Crippen molar-refractivity contribution in [2.45, 2.75) is 32.7 Å². The molecule has 0 saturated heterocycles. The molecule has 4 aromatic rings. The molecule has 0 bridgehead atoms. The van der Waals surface area contributed by atoms with Crippen LogP contribution < -0.4 is 10.9 Å². The van der Waals surface area contributed by atoms with Crippen molar-refractivity contribution >= 4 is 22.8 Å². The summed E-state index contributed by atoms with van der Waals surface area (Å²) in [6, 6.07) is 14.8. The van der Waals surface area contributed by atoms with Crippen molar-refractivity contribution in [1.82, 2.24) is 19.3 Å². The van der Waals surface area contributed by atoms with Crippen LogP contribution in [0.1, 0.15) is 26.5 Å². The van der Waals surface area contributed by atoms with Gasteiger partial charge in [-0.2, -0.15) is 5.10 Å². The average Bonchev–Trinajstić information content (AvgIpc) is 3.15. The normalized spacial score (nSPS) is 11.6. The molecule has 2 aromatic carbocycles. The van der Waals surface area contributed by atoms with Gasteiger partial charge in [0.05, 0.1) is 28.6 Å². The van der Waals surface area contributed by atoms with Gasteiger partial charge < -0.3 is 5.32 Å². The molecule has 0 saturated carbocycles. The van der Waals surface area contributed by atoms with Gasteiger partial charge in [0.15, 0.2) is 0 Å². The summed E-state index contributed by atoms with van der Waals surface area (Å²) in [6.45, 7) is 5.86. The molecule has 0 unspecified atom stereocenters. The van der Waals surface area contributed by atoms with Crippen LogP contribution in [-0.2, 0) is 16.8 Å². The lowest BCUT2D eigenvalue weighted by molar-refractivity contribution is -0.116. The van der Waals surface area contributed by atoms with Gasteiger partial charge in [-0.1, -0.05) is 32.9 Å². The predicted octanol–water partition coefficient (Wildman–Crippen LogP) is 3.66. The average molecular weight is 419 g/mol. The number of hydrogen-bond donors (Lipinski definition) is 1. The summed E-state index contributed by atoms with van der Waals surface area (Å²) in [5, 5.41) is 7.45. The summed E-state index contributed by atoms with van der Waals surface area (Å²) in [4.78, 5) is 29.3. The first-order valence-electron chi connectivity index (χ1n) is 9.83. The molecule has 2 aromatic heterocycles. The number of nitrogens with one attached hydrogen (secondary N) is 1. The quantitative estimate of drug-likeness (QED) is 0.547. The van der Waals surface area contributed by atoms with Gasteiger partial charge in [-0.25, -0.2) is 14.1 Å². The van der Waals surface area contributed by atoms with E-state index in [0.717, 1.165) is 5.69 Å². The number of benzene rings is 2. The molecule has 0 fully saturated rings. The fourth-order valence-corrected chi connectivity index (χ4v) is 3.22. The van der Waals surface area contributed by atoms with E-state index in [1.807, 2.05) is 26.8 Å². The minimum absolute atomic E-state index is 0.179. The third kappa shape index (κ3) is 4.23. The topological polar surface area (TPSA) is 81.8 Å². The highest BCUT2D eigenvalue weighted by Crippen LogP contribution is 2.26. The monoisotopic (exact) mass is 419 g/mol. The van der Waals surface area contributed by atoms with E-state index < -0.39 is 0 Å². The first-order valence-corrected chi connectivity index (χ1v) is 9.83. The van der Waals surface area contributed by atoms with Crippen molar-refractivity contribution in [3.8, 4) is 5.69 Å². The molecule has 8 heteroatoms. The predicted molar refractivity (Wildman–Crippen MR) is 117 cm³/mol. The second-order valence-corrected chi connectivity index (χ2v) is 8.27. The fourth-order valence-electron chi connectivity index (χ4n) is 3.22. The highest BCUT2D eigenvalue weighted by Gasteiger charge is 2.22. The molecular formula is C23H22FN5O2. The number of nitrogens with zero attached hydrogens (tertiary/aromatic N) is 4. The van der Waals surface area contributed by atoms with Gasteiger partial charge in [0.25, 0.3) is 5.56 Å². The van der Waals surface area contributed by atoms with Gasteiger partial charge in [0.2, 0.25) is 5.91 Å². The van der Waals surface area contributed by atoms with Crippen molar-refractivity contribution < 1.29 is 9.18 Å². The van der Waals surface area contributed by atoms with Crippen molar-refractivity contribution in [3.05, 3.63) is 82.7 Å². The number of carbonyl (C=O) groups excluding carboxylic acids is 1. The zero-order chi connectivity index (χ0) is 22.2. The van der Waals surface area contributed by atoms with Gasteiger partial charge in [0, 0.05) is 11.5 Å². The molecule has 2 heterocycles. The number of halogens is 1. The Bertz CT molecular complexity index is 1320. The maximum atomic E-state index is 13.4. The largest absolute Gasteiger partial charge is 0.309 e. The number of hydrogen-bond acceptors (Lipinski definition) is 4. The molecule has 0 aliphatic heterocycles. The number of rotatable bonds is 4. The molecule has 7 nitrogen and oxygen atoms in total. The Morgan fingerprint density at radius 1 is 1.10 bits per heavy atom. The zero-order valence-corrected chi connectivity index (χ0v) is 17.5. The highest BCUT2D eigenvalue weighted by atomic mass is 19.1. The number of para-hydroxylation sites is 2. The lowest BCUT2D eigenvalue weighted by Gasteiger charge is -2.14. The zero-order valence-electron chi connectivity index (χ0n) is 17.5. The standard InChI is InChI=1S/C23H22FN5O2/c1-23(2,3)19-12-20(29(27-19)16-10-8-15(24)9-11-16)26-21(30)14-28-18-7-5-4-6-17(18)25-13-22(28)31/h4-13H,14H2,1-3H3,(H,26,30). The Hall–Kier alpha value is -3.81. The summed E-state index contributed by atoms with van der Waals surface area (Å²) >= 11 is 0. The molecule has 0 atom stereocenters. The molecule has 1 N–H and O–H groups in total. The van der Waals surface area contributed by atoms with Crippen LogP contribution in [0.2, 0.25) is 0 Å². The van der Waals surface area contributed by atoms with Crippen LogP contribution in [0.25, 0.3) is 16.7 Å². The van der Waals surface area contributed by atoms with E-state index in [1.54, 1.807) is 41.1 Å². The number of carbonyl (C=O) groups is 1. The molecule has 1 amide bonds. The van der Waals surface area contributed by atoms with E-state index in [1.165, 1.54) is 22.9 Å². The summed E-state index contributed by atoms with van der Waals surface area (Å²) < 4.78 is 16.3. The lowest BCUT2D eigenvalue weighted by Crippen LogP contribution is -2.28. The van der Waals surface area contributed by atoms with Crippen molar-refractivity contribution in [2.24, 2.45) is 0 Å². The van der Waals surface area contributed by atoms with Gasteiger partial charge in [0.1, 0.15) is 18.2 Å². The second kappa shape index (κ2) is 7.79. The van der Waals surface area contributed by atoms with Gasteiger partial charge in [-0.3, -0.25) is 14.2 Å². The molecule has 0 aliphatic carbocycles. The molecule has 158 valence electrons. The number of anilines is 1. The van der Waals surface area contributed by atoms with E-state index in [9.17, 15) is 14.0 Å². The molecular weight excluding hydrogens is 397 g/mol. The summed E-state index contributed by atoms with van der Waals surface area (Å²) in [6.07, 6.45) is 1.20. The Morgan fingerprint density at radius 3 is 2.52 bits per heavy atom. The molecule has 0 aliphatic rings. The molecule has 4 rings (SSSR count). The second-order valence-electron chi connectivity index (χ2n) is 8.27. The maximum Gasteiger partial charge on any atom is 0.269 e. The Kier molecular flexibility index (Phi) is 5.14. The van der Waals surface area contributed by atoms with Gasteiger partial charge in [-0.05, 0) is 36.4 Å².